The van der Waals surface area contributed by atoms with Crippen molar-refractivity contribution in [3.8, 4) is 17.0 Å². The fourth-order valence-corrected chi connectivity index (χ4v) is 2.77. The second-order valence-corrected chi connectivity index (χ2v) is 6.35. The first-order chi connectivity index (χ1) is 13.1. The summed E-state index contributed by atoms with van der Waals surface area (Å²) in [6, 6.07) is 15.3. The van der Waals surface area contributed by atoms with Gasteiger partial charge in [-0.1, -0.05) is 0 Å². The van der Waals surface area contributed by atoms with Crippen molar-refractivity contribution in [3.63, 3.8) is 0 Å². The van der Waals surface area contributed by atoms with Crippen LogP contribution in [0.5, 0.6) is 5.75 Å². The van der Waals surface area contributed by atoms with Gasteiger partial charge < -0.3 is 15.0 Å². The summed E-state index contributed by atoms with van der Waals surface area (Å²) in [4.78, 5) is 14.4. The summed E-state index contributed by atoms with van der Waals surface area (Å²) < 4.78 is 5.47. The molecule has 0 fully saturated rings. The Morgan fingerprint density at radius 1 is 1.11 bits per heavy atom. The van der Waals surface area contributed by atoms with Gasteiger partial charge in [0, 0.05) is 43.0 Å². The number of nitrogens with one attached hydrogen (secondary N) is 2. The van der Waals surface area contributed by atoms with Crippen LogP contribution in [0.2, 0.25) is 0 Å². The molecule has 0 aliphatic heterocycles. The third-order valence-electron chi connectivity index (χ3n) is 4.26. The molecule has 0 unspecified atom stereocenters. The highest BCUT2D eigenvalue weighted by Gasteiger charge is 2.11. The lowest BCUT2D eigenvalue weighted by atomic mass is 10.1. The SMILES string of the molecule is CCOc1ccc(-c2[nH]ncc2CNC(=O)c2ccc(N(C)C)cc2)cc1. The Bertz CT molecular complexity index is 883. The second kappa shape index (κ2) is 8.40. The van der Waals surface area contributed by atoms with Crippen molar-refractivity contribution in [1.82, 2.24) is 15.5 Å². The number of nitrogens with zero attached hydrogens (tertiary/aromatic N) is 2. The fourth-order valence-electron chi connectivity index (χ4n) is 2.77. The largest absolute Gasteiger partial charge is 0.494 e. The van der Waals surface area contributed by atoms with Crippen LogP contribution in [0.1, 0.15) is 22.8 Å². The molecule has 3 rings (SSSR count). The highest BCUT2D eigenvalue weighted by Crippen LogP contribution is 2.24. The molecule has 6 nitrogen and oxygen atoms in total. The van der Waals surface area contributed by atoms with Gasteiger partial charge in [0.05, 0.1) is 18.5 Å². The number of carbonyl (C=O) groups is 1. The average molecular weight is 364 g/mol. The van der Waals surface area contributed by atoms with Gasteiger partial charge in [-0.25, -0.2) is 0 Å². The number of rotatable bonds is 7. The number of aromatic amines is 1. The van der Waals surface area contributed by atoms with Crippen molar-refractivity contribution in [2.75, 3.05) is 25.6 Å². The first-order valence-electron chi connectivity index (χ1n) is 8.89. The molecule has 0 saturated carbocycles. The molecule has 1 amide bonds. The van der Waals surface area contributed by atoms with Crippen LogP contribution in [-0.4, -0.2) is 36.8 Å². The van der Waals surface area contributed by atoms with E-state index in [-0.39, 0.29) is 5.91 Å². The number of anilines is 1. The summed E-state index contributed by atoms with van der Waals surface area (Å²) in [5, 5.41) is 10.1. The lowest BCUT2D eigenvalue weighted by molar-refractivity contribution is 0.0951. The molecule has 0 spiro atoms. The Labute approximate surface area is 159 Å². The zero-order chi connectivity index (χ0) is 19.2. The van der Waals surface area contributed by atoms with Crippen LogP contribution in [0.15, 0.2) is 54.7 Å². The maximum Gasteiger partial charge on any atom is 0.251 e. The molecule has 1 heterocycles. The summed E-state index contributed by atoms with van der Waals surface area (Å²) in [5.41, 5.74) is 4.50. The molecule has 0 saturated heterocycles. The topological polar surface area (TPSA) is 70.2 Å². The minimum Gasteiger partial charge on any atom is -0.494 e. The number of benzene rings is 2. The first kappa shape index (κ1) is 18.5. The number of hydrogen-bond acceptors (Lipinski definition) is 4. The number of carbonyl (C=O) groups excluding carboxylic acids is 1. The molecule has 0 radical (unpaired) electrons. The van der Waals surface area contributed by atoms with Crippen molar-refractivity contribution in [2.24, 2.45) is 0 Å². The summed E-state index contributed by atoms with van der Waals surface area (Å²) in [6.07, 6.45) is 1.74. The predicted molar refractivity (Wildman–Crippen MR) is 107 cm³/mol. The monoisotopic (exact) mass is 364 g/mol. The highest BCUT2D eigenvalue weighted by molar-refractivity contribution is 5.94. The van der Waals surface area contributed by atoms with Gasteiger partial charge in [-0.15, -0.1) is 0 Å². The minimum atomic E-state index is -0.112. The van der Waals surface area contributed by atoms with Gasteiger partial charge in [0.25, 0.3) is 5.91 Å². The third-order valence-corrected chi connectivity index (χ3v) is 4.26. The molecule has 1 aromatic heterocycles. The Kier molecular flexibility index (Phi) is 5.76. The van der Waals surface area contributed by atoms with E-state index < -0.39 is 0 Å². The summed E-state index contributed by atoms with van der Waals surface area (Å²) >= 11 is 0. The third kappa shape index (κ3) is 4.47. The molecular formula is C21H24N4O2. The highest BCUT2D eigenvalue weighted by atomic mass is 16.5. The number of ether oxygens (including phenoxy) is 1. The number of aromatic nitrogens is 2. The van der Waals surface area contributed by atoms with E-state index in [4.69, 9.17) is 4.74 Å². The molecule has 3 aromatic rings. The van der Waals surface area contributed by atoms with Crippen molar-refractivity contribution in [1.29, 1.82) is 0 Å². The van der Waals surface area contributed by atoms with E-state index in [1.54, 1.807) is 6.20 Å². The van der Waals surface area contributed by atoms with Gasteiger partial charge in [0.1, 0.15) is 5.75 Å². The molecule has 0 bridgehead atoms. The van der Waals surface area contributed by atoms with Gasteiger partial charge >= 0.3 is 0 Å². The average Bonchev–Trinajstić information content (AvgIpc) is 3.15. The van der Waals surface area contributed by atoms with Crippen LogP contribution in [0.25, 0.3) is 11.3 Å². The van der Waals surface area contributed by atoms with Gasteiger partial charge in [0.15, 0.2) is 0 Å². The lowest BCUT2D eigenvalue weighted by Crippen LogP contribution is -2.23. The molecular weight excluding hydrogens is 340 g/mol. The Morgan fingerprint density at radius 2 is 1.81 bits per heavy atom. The number of H-pyrrole nitrogens is 1. The van der Waals surface area contributed by atoms with Crippen LogP contribution in [0.4, 0.5) is 5.69 Å². The minimum absolute atomic E-state index is 0.112. The quantitative estimate of drug-likeness (QED) is 0.673. The molecule has 140 valence electrons. The van der Waals surface area contributed by atoms with Gasteiger partial charge in [-0.2, -0.15) is 5.10 Å². The van der Waals surface area contributed by atoms with Gasteiger partial charge in [-0.05, 0) is 55.5 Å². The van der Waals surface area contributed by atoms with Crippen LogP contribution >= 0.6 is 0 Å². The van der Waals surface area contributed by atoms with Gasteiger partial charge in [0.2, 0.25) is 0 Å². The van der Waals surface area contributed by atoms with Crippen molar-refractivity contribution >= 4 is 11.6 Å². The van der Waals surface area contributed by atoms with E-state index in [1.807, 2.05) is 74.4 Å². The smallest absolute Gasteiger partial charge is 0.251 e. The van der Waals surface area contributed by atoms with Crippen LogP contribution in [-0.2, 0) is 6.54 Å². The fraction of sp³-hybridized carbons (Fsp3) is 0.238. The molecule has 2 N–H and O–H groups in total. The van der Waals surface area contributed by atoms with Crippen LogP contribution in [0.3, 0.4) is 0 Å². The van der Waals surface area contributed by atoms with E-state index in [0.717, 1.165) is 28.3 Å². The molecule has 0 aliphatic rings. The standard InChI is InChI=1S/C21H24N4O2/c1-4-27-19-11-7-15(8-12-19)20-17(14-23-24-20)13-22-21(26)16-5-9-18(10-6-16)25(2)3/h5-12,14H,4,13H2,1-3H3,(H,22,26)(H,23,24). The zero-order valence-corrected chi connectivity index (χ0v) is 15.8. The molecule has 0 aliphatic carbocycles. The van der Waals surface area contributed by atoms with E-state index in [9.17, 15) is 4.79 Å². The van der Waals surface area contributed by atoms with Gasteiger partial charge in [-0.3, -0.25) is 9.89 Å². The Morgan fingerprint density at radius 3 is 2.44 bits per heavy atom. The maximum atomic E-state index is 12.4. The van der Waals surface area contributed by atoms with Crippen molar-refractivity contribution < 1.29 is 9.53 Å². The lowest BCUT2D eigenvalue weighted by Gasteiger charge is -2.12. The van der Waals surface area contributed by atoms with Crippen LogP contribution in [0, 0.1) is 0 Å². The zero-order valence-electron chi connectivity index (χ0n) is 15.8. The van der Waals surface area contributed by atoms with Crippen molar-refractivity contribution in [3.05, 3.63) is 65.9 Å². The molecule has 27 heavy (non-hydrogen) atoms. The summed E-state index contributed by atoms with van der Waals surface area (Å²) in [5.74, 6) is 0.718. The number of hydrogen-bond donors (Lipinski definition) is 2. The summed E-state index contributed by atoms with van der Waals surface area (Å²) in [7, 11) is 3.94. The number of amides is 1. The normalized spacial score (nSPS) is 10.5. The summed E-state index contributed by atoms with van der Waals surface area (Å²) in [6.45, 7) is 2.99. The first-order valence-corrected chi connectivity index (χ1v) is 8.89. The van der Waals surface area contributed by atoms with E-state index >= 15 is 0 Å². The predicted octanol–water partition coefficient (Wildman–Crippen LogP) is 3.47. The molecule has 6 heteroatoms. The second-order valence-electron chi connectivity index (χ2n) is 6.35. The van der Waals surface area contributed by atoms with E-state index in [0.29, 0.717) is 18.7 Å². The van der Waals surface area contributed by atoms with E-state index in [2.05, 4.69) is 15.5 Å². The molecule has 0 atom stereocenters. The van der Waals surface area contributed by atoms with Crippen molar-refractivity contribution in [2.45, 2.75) is 13.5 Å². The van der Waals surface area contributed by atoms with E-state index in [1.165, 1.54) is 0 Å². The Hall–Kier alpha value is -3.28. The van der Waals surface area contributed by atoms with Crippen LogP contribution < -0.4 is 15.0 Å². The molecule has 2 aromatic carbocycles. The maximum absolute atomic E-state index is 12.4. The Balaban J connectivity index is 1.66.